The average molecular weight is 352 g/mol. The molecule has 8 heteroatoms. The number of amides is 1. The topological polar surface area (TPSA) is 56.8 Å². The molecule has 1 atom stereocenters. The second-order valence-corrected chi connectivity index (χ2v) is 5.00. The number of methoxy groups -OCH3 is 2. The fourth-order valence-electron chi connectivity index (χ4n) is 1.91. The molecule has 0 radical (unpaired) electrons. The minimum Gasteiger partial charge on any atom is -0.493 e. The van der Waals surface area contributed by atoms with Crippen LogP contribution in [0.4, 0.5) is 13.6 Å². The van der Waals surface area contributed by atoms with Gasteiger partial charge in [-0.15, -0.1) is 0 Å². The average Bonchev–Trinajstić information content (AvgIpc) is 2.41. The van der Waals surface area contributed by atoms with Crippen molar-refractivity contribution >= 4 is 22.0 Å². The van der Waals surface area contributed by atoms with Gasteiger partial charge < -0.3 is 19.5 Å². The summed E-state index contributed by atoms with van der Waals surface area (Å²) >= 11 is 3.20. The van der Waals surface area contributed by atoms with Crippen LogP contribution in [0, 0.1) is 0 Å². The molecule has 2 rings (SSSR count). The van der Waals surface area contributed by atoms with Gasteiger partial charge in [0.25, 0.3) is 0 Å². The molecule has 1 heterocycles. The maximum atomic E-state index is 13.9. The number of rotatable bonds is 3. The van der Waals surface area contributed by atoms with Crippen molar-refractivity contribution in [2.24, 2.45) is 0 Å². The maximum absolute atomic E-state index is 13.9. The molecule has 110 valence electrons. The van der Waals surface area contributed by atoms with Gasteiger partial charge in [0.2, 0.25) is 0 Å². The van der Waals surface area contributed by atoms with Crippen LogP contribution in [0.15, 0.2) is 16.6 Å². The van der Waals surface area contributed by atoms with Gasteiger partial charge in [0.1, 0.15) is 6.04 Å². The Morgan fingerprint density at radius 1 is 1.35 bits per heavy atom. The monoisotopic (exact) mass is 351 g/mol. The van der Waals surface area contributed by atoms with Crippen molar-refractivity contribution in [3.05, 3.63) is 22.2 Å². The Balaban J connectivity index is 2.47. The first-order valence-electron chi connectivity index (χ1n) is 5.61. The molecule has 0 bridgehead atoms. The normalized spacial score (nSPS) is 20.9. The lowest BCUT2D eigenvalue weighted by Gasteiger charge is -2.32. The summed E-state index contributed by atoms with van der Waals surface area (Å²) in [5.41, 5.74) is 0.185. The van der Waals surface area contributed by atoms with E-state index in [0.29, 0.717) is 16.0 Å². The molecule has 1 aliphatic rings. The lowest BCUT2D eigenvalue weighted by atomic mass is 9.99. The van der Waals surface area contributed by atoms with E-state index in [2.05, 4.69) is 26.0 Å². The first kappa shape index (κ1) is 14.8. The largest absolute Gasteiger partial charge is 0.493 e. The molecular weight excluding hydrogens is 340 g/mol. The standard InChI is InChI=1S/C12H12BrF2NO4/c1-18-8-3-6(7(13)4-9(8)19-2)10-12(14,15)5-20-11(17)16-10/h3-4,10H,5H2,1-2H3,(H,16,17)/t10-/m0/s1. The summed E-state index contributed by atoms with van der Waals surface area (Å²) in [5, 5.41) is 2.12. The first-order chi connectivity index (χ1) is 9.39. The van der Waals surface area contributed by atoms with E-state index in [-0.39, 0.29) is 5.56 Å². The van der Waals surface area contributed by atoms with E-state index in [1.807, 2.05) is 0 Å². The van der Waals surface area contributed by atoms with Gasteiger partial charge in [0, 0.05) is 4.47 Å². The summed E-state index contributed by atoms with van der Waals surface area (Å²) in [7, 11) is 2.84. The van der Waals surface area contributed by atoms with E-state index < -0.39 is 24.7 Å². The number of alkyl halides is 2. The highest BCUT2D eigenvalue weighted by Gasteiger charge is 2.47. The van der Waals surface area contributed by atoms with Crippen LogP contribution in [0.2, 0.25) is 0 Å². The number of hydrogen-bond acceptors (Lipinski definition) is 4. The highest BCUT2D eigenvalue weighted by atomic mass is 79.9. The quantitative estimate of drug-likeness (QED) is 0.909. The van der Waals surface area contributed by atoms with Crippen LogP contribution in [-0.4, -0.2) is 32.8 Å². The zero-order chi connectivity index (χ0) is 14.9. The molecule has 20 heavy (non-hydrogen) atoms. The molecule has 1 amide bonds. The second-order valence-electron chi connectivity index (χ2n) is 4.14. The van der Waals surface area contributed by atoms with Gasteiger partial charge >= 0.3 is 12.0 Å². The Morgan fingerprint density at radius 2 is 1.95 bits per heavy atom. The van der Waals surface area contributed by atoms with Crippen molar-refractivity contribution in [1.29, 1.82) is 0 Å². The number of cyclic esters (lactones) is 1. The SMILES string of the molecule is COc1cc(Br)c([C@@H]2NC(=O)OCC2(F)F)cc1OC. The third kappa shape index (κ3) is 2.65. The number of nitrogens with one attached hydrogen (secondary N) is 1. The van der Waals surface area contributed by atoms with Crippen LogP contribution >= 0.6 is 15.9 Å². The Bertz CT molecular complexity index is 538. The number of halogens is 3. The minimum atomic E-state index is -3.23. The van der Waals surface area contributed by atoms with Crippen molar-refractivity contribution < 1.29 is 27.8 Å². The molecule has 0 unspecified atom stereocenters. The zero-order valence-electron chi connectivity index (χ0n) is 10.7. The van der Waals surface area contributed by atoms with E-state index in [1.165, 1.54) is 26.4 Å². The van der Waals surface area contributed by atoms with Crippen LogP contribution in [-0.2, 0) is 4.74 Å². The van der Waals surface area contributed by atoms with Crippen molar-refractivity contribution in [3.63, 3.8) is 0 Å². The van der Waals surface area contributed by atoms with Crippen molar-refractivity contribution in [3.8, 4) is 11.5 Å². The predicted octanol–water partition coefficient (Wildman–Crippen LogP) is 2.88. The van der Waals surface area contributed by atoms with Crippen molar-refractivity contribution in [2.75, 3.05) is 20.8 Å². The second kappa shape index (κ2) is 5.43. The van der Waals surface area contributed by atoms with Crippen molar-refractivity contribution in [2.45, 2.75) is 12.0 Å². The number of benzene rings is 1. The molecule has 1 aromatic rings. The van der Waals surface area contributed by atoms with Crippen LogP contribution in [0.1, 0.15) is 11.6 Å². The van der Waals surface area contributed by atoms with E-state index in [9.17, 15) is 13.6 Å². The van der Waals surface area contributed by atoms with E-state index in [4.69, 9.17) is 9.47 Å². The van der Waals surface area contributed by atoms with Gasteiger partial charge in [0.05, 0.1) is 14.2 Å². The molecule has 1 saturated heterocycles. The van der Waals surface area contributed by atoms with Crippen LogP contribution < -0.4 is 14.8 Å². The first-order valence-corrected chi connectivity index (χ1v) is 6.41. The van der Waals surface area contributed by atoms with E-state index in [0.717, 1.165) is 0 Å². The van der Waals surface area contributed by atoms with E-state index in [1.54, 1.807) is 0 Å². The highest BCUT2D eigenvalue weighted by Crippen LogP contribution is 2.42. The lowest BCUT2D eigenvalue weighted by Crippen LogP contribution is -2.49. The van der Waals surface area contributed by atoms with Gasteiger partial charge in [-0.2, -0.15) is 0 Å². The number of ether oxygens (including phenoxy) is 3. The number of alkyl carbamates (subject to hydrolysis) is 1. The number of carbonyl (C=O) groups excluding carboxylic acids is 1. The van der Waals surface area contributed by atoms with E-state index >= 15 is 0 Å². The molecule has 1 fully saturated rings. The third-order valence-electron chi connectivity index (χ3n) is 2.89. The molecule has 1 aliphatic heterocycles. The fraction of sp³-hybridized carbons (Fsp3) is 0.417. The van der Waals surface area contributed by atoms with Crippen molar-refractivity contribution in [1.82, 2.24) is 5.32 Å². The lowest BCUT2D eigenvalue weighted by molar-refractivity contribution is -0.104. The minimum absolute atomic E-state index is 0.185. The Labute approximate surface area is 122 Å². The van der Waals surface area contributed by atoms with Gasteiger partial charge in [-0.1, -0.05) is 15.9 Å². The summed E-state index contributed by atoms with van der Waals surface area (Å²) in [4.78, 5) is 11.2. The summed E-state index contributed by atoms with van der Waals surface area (Å²) < 4.78 is 42.6. The smallest absolute Gasteiger partial charge is 0.408 e. The van der Waals surface area contributed by atoms with Crippen LogP contribution in [0.3, 0.4) is 0 Å². The third-order valence-corrected chi connectivity index (χ3v) is 3.58. The summed E-state index contributed by atoms with van der Waals surface area (Å²) in [6, 6.07) is 1.40. The predicted molar refractivity (Wildman–Crippen MR) is 69.4 cm³/mol. The van der Waals surface area contributed by atoms with Gasteiger partial charge in [0.15, 0.2) is 18.1 Å². The molecule has 1 aromatic carbocycles. The van der Waals surface area contributed by atoms with Crippen LogP contribution in [0.5, 0.6) is 11.5 Å². The molecular formula is C12H12BrF2NO4. The number of hydrogen-bond donors (Lipinski definition) is 1. The fourth-order valence-corrected chi connectivity index (χ4v) is 2.46. The summed E-state index contributed by atoms with van der Waals surface area (Å²) in [6.45, 7) is -0.968. The molecule has 1 N–H and O–H groups in total. The number of carbonyl (C=O) groups is 1. The molecule has 5 nitrogen and oxygen atoms in total. The highest BCUT2D eigenvalue weighted by molar-refractivity contribution is 9.10. The van der Waals surface area contributed by atoms with Gasteiger partial charge in [-0.3, -0.25) is 0 Å². The van der Waals surface area contributed by atoms with Crippen LogP contribution in [0.25, 0.3) is 0 Å². The van der Waals surface area contributed by atoms with Gasteiger partial charge in [-0.05, 0) is 17.7 Å². The summed E-state index contributed by atoms with van der Waals surface area (Å²) in [6.07, 6.45) is -0.886. The zero-order valence-corrected chi connectivity index (χ0v) is 12.3. The summed E-state index contributed by atoms with van der Waals surface area (Å²) in [5.74, 6) is -2.54. The molecule has 0 saturated carbocycles. The molecule has 0 aromatic heterocycles. The Morgan fingerprint density at radius 3 is 2.55 bits per heavy atom. The Kier molecular flexibility index (Phi) is 4.03. The van der Waals surface area contributed by atoms with Gasteiger partial charge in [-0.25, -0.2) is 13.6 Å². The maximum Gasteiger partial charge on any atom is 0.408 e. The molecule has 0 aliphatic carbocycles. The molecule has 0 spiro atoms. The Hall–Kier alpha value is -1.57.